The van der Waals surface area contributed by atoms with Crippen molar-refractivity contribution in [2.45, 2.75) is 36.9 Å². The largest absolute Gasteiger partial charge is 0.479 e. The lowest BCUT2D eigenvalue weighted by molar-refractivity contribution is -0.188. The molecular formula is C21H18ClFN6O6. The van der Waals surface area contributed by atoms with E-state index in [0.717, 1.165) is 0 Å². The Morgan fingerprint density at radius 3 is 2.80 bits per heavy atom. The van der Waals surface area contributed by atoms with Gasteiger partial charge in [0.25, 0.3) is 5.60 Å². The molecule has 1 aromatic carbocycles. The zero-order chi connectivity index (χ0) is 25.3. The third-order valence-electron chi connectivity index (χ3n) is 5.54. The molecule has 3 atom stereocenters. The number of imidazole rings is 1. The number of nitrogens with zero attached hydrogens (tertiary/aromatic N) is 5. The smallest absolute Gasteiger partial charge is 0.348 e. The quantitative estimate of drug-likeness (QED) is 0.299. The van der Waals surface area contributed by atoms with Crippen molar-refractivity contribution in [2.75, 3.05) is 12.3 Å². The molecule has 0 unspecified atom stereocenters. The van der Waals surface area contributed by atoms with Crippen molar-refractivity contribution in [1.82, 2.24) is 19.5 Å². The number of carbonyl (C=O) groups is 2. The van der Waals surface area contributed by atoms with Crippen LogP contribution in [0.2, 0.25) is 5.28 Å². The van der Waals surface area contributed by atoms with Crippen LogP contribution in [-0.4, -0.2) is 66.2 Å². The van der Waals surface area contributed by atoms with Gasteiger partial charge in [-0.15, -0.1) is 0 Å². The van der Waals surface area contributed by atoms with Crippen molar-refractivity contribution in [3.63, 3.8) is 0 Å². The second-order valence-electron chi connectivity index (χ2n) is 7.84. The molecule has 0 radical (unpaired) electrons. The molecule has 1 saturated heterocycles. The van der Waals surface area contributed by atoms with E-state index in [1.165, 1.54) is 35.2 Å². The molecule has 0 aliphatic carbocycles. The van der Waals surface area contributed by atoms with Crippen LogP contribution in [-0.2, 0) is 25.5 Å². The van der Waals surface area contributed by atoms with Gasteiger partial charge in [0, 0.05) is 12.8 Å². The summed E-state index contributed by atoms with van der Waals surface area (Å²) >= 11 is 5.84. The normalized spacial score (nSPS) is 20.1. The van der Waals surface area contributed by atoms with Crippen LogP contribution in [0.5, 0.6) is 0 Å². The monoisotopic (exact) mass is 504 g/mol. The van der Waals surface area contributed by atoms with E-state index in [2.05, 4.69) is 15.0 Å². The predicted molar refractivity (Wildman–Crippen MR) is 117 cm³/mol. The molecule has 2 aromatic heterocycles. The molecule has 0 amide bonds. The van der Waals surface area contributed by atoms with E-state index in [1.807, 2.05) is 6.07 Å². The van der Waals surface area contributed by atoms with E-state index >= 15 is 0 Å². The Kier molecular flexibility index (Phi) is 6.53. The SMILES string of the molecule is N#Cc1cccc(CC(OC[C@@H]2C[C@H](F)[C@H](n3cnc4c(N)nc(Cl)nc43)O2)(C(=O)O)C(=O)O)c1. The molecule has 1 aliphatic heterocycles. The van der Waals surface area contributed by atoms with E-state index in [4.69, 9.17) is 32.1 Å². The van der Waals surface area contributed by atoms with E-state index in [0.29, 0.717) is 0 Å². The lowest BCUT2D eigenvalue weighted by Gasteiger charge is -2.27. The van der Waals surface area contributed by atoms with Gasteiger partial charge in [0.2, 0.25) is 5.28 Å². The topological polar surface area (TPSA) is 186 Å². The minimum absolute atomic E-state index is 0.000191. The predicted octanol–water partition coefficient (Wildman–Crippen LogP) is 1.73. The van der Waals surface area contributed by atoms with Gasteiger partial charge in [-0.3, -0.25) is 4.57 Å². The van der Waals surface area contributed by atoms with Gasteiger partial charge >= 0.3 is 11.9 Å². The fourth-order valence-electron chi connectivity index (χ4n) is 3.84. The summed E-state index contributed by atoms with van der Waals surface area (Å²) in [7, 11) is 0. The van der Waals surface area contributed by atoms with Crippen molar-refractivity contribution in [1.29, 1.82) is 5.26 Å². The van der Waals surface area contributed by atoms with Crippen molar-refractivity contribution in [3.05, 3.63) is 47.0 Å². The molecule has 0 saturated carbocycles. The Morgan fingerprint density at radius 2 is 2.11 bits per heavy atom. The number of nitrogen functional groups attached to an aromatic ring is 1. The number of hydrogen-bond donors (Lipinski definition) is 3. The van der Waals surface area contributed by atoms with Crippen LogP contribution in [0.4, 0.5) is 10.2 Å². The Labute approximate surface area is 201 Å². The summed E-state index contributed by atoms with van der Waals surface area (Å²) in [5.41, 5.74) is 3.91. The lowest BCUT2D eigenvalue weighted by atomic mass is 9.93. The summed E-state index contributed by atoms with van der Waals surface area (Å²) in [5, 5.41) is 28.4. The molecular weight excluding hydrogens is 487 g/mol. The van der Waals surface area contributed by atoms with Gasteiger partial charge in [-0.2, -0.15) is 15.2 Å². The van der Waals surface area contributed by atoms with Crippen LogP contribution in [0.15, 0.2) is 30.6 Å². The maximum atomic E-state index is 14.9. The fourth-order valence-corrected chi connectivity index (χ4v) is 4.01. The summed E-state index contributed by atoms with van der Waals surface area (Å²) < 4.78 is 27.3. The van der Waals surface area contributed by atoms with Gasteiger partial charge in [0.15, 0.2) is 17.7 Å². The first-order valence-corrected chi connectivity index (χ1v) is 10.6. The van der Waals surface area contributed by atoms with Crippen molar-refractivity contribution < 1.29 is 33.7 Å². The van der Waals surface area contributed by atoms with Gasteiger partial charge < -0.3 is 25.4 Å². The Hall–Kier alpha value is -3.86. The third-order valence-corrected chi connectivity index (χ3v) is 5.71. The summed E-state index contributed by atoms with van der Waals surface area (Å²) in [6.45, 7) is -0.530. The number of alkyl halides is 1. The number of benzene rings is 1. The molecule has 182 valence electrons. The van der Waals surface area contributed by atoms with Crippen LogP contribution in [0.1, 0.15) is 23.8 Å². The first-order chi connectivity index (χ1) is 16.6. The highest BCUT2D eigenvalue weighted by Gasteiger charge is 2.50. The van der Waals surface area contributed by atoms with Crippen LogP contribution < -0.4 is 5.73 Å². The average molecular weight is 505 g/mol. The lowest BCUT2D eigenvalue weighted by Crippen LogP contribution is -2.52. The molecule has 1 fully saturated rings. The van der Waals surface area contributed by atoms with E-state index in [-0.39, 0.29) is 39.8 Å². The maximum absolute atomic E-state index is 14.9. The van der Waals surface area contributed by atoms with Gasteiger partial charge in [-0.25, -0.2) is 19.0 Å². The number of nitriles is 1. The van der Waals surface area contributed by atoms with Crippen LogP contribution in [0, 0.1) is 11.3 Å². The van der Waals surface area contributed by atoms with Gasteiger partial charge in [0.1, 0.15) is 11.7 Å². The van der Waals surface area contributed by atoms with Gasteiger partial charge in [0.05, 0.1) is 30.7 Å². The zero-order valence-corrected chi connectivity index (χ0v) is 18.6. The molecule has 4 N–H and O–H groups in total. The van der Waals surface area contributed by atoms with Crippen molar-refractivity contribution >= 4 is 40.5 Å². The number of aliphatic carboxylic acids is 2. The van der Waals surface area contributed by atoms with E-state index < -0.39 is 49.1 Å². The third kappa shape index (κ3) is 4.59. The van der Waals surface area contributed by atoms with Gasteiger partial charge in [-0.1, -0.05) is 12.1 Å². The molecule has 0 spiro atoms. The Bertz CT molecular complexity index is 1330. The number of carboxylic acid groups (broad SMARTS) is 2. The molecule has 0 bridgehead atoms. The number of ether oxygens (including phenoxy) is 2. The van der Waals surface area contributed by atoms with Crippen molar-refractivity contribution in [3.8, 4) is 6.07 Å². The number of carboxylic acids is 2. The summed E-state index contributed by atoms with van der Waals surface area (Å²) in [4.78, 5) is 35.9. The number of fused-ring (bicyclic) bond motifs is 1. The summed E-state index contributed by atoms with van der Waals surface area (Å²) in [6.07, 6.45) is -3.29. The number of hydrogen-bond acceptors (Lipinski definition) is 9. The molecule has 14 heteroatoms. The molecule has 1 aliphatic rings. The van der Waals surface area contributed by atoms with Gasteiger partial charge in [-0.05, 0) is 29.3 Å². The minimum Gasteiger partial charge on any atom is -0.479 e. The van der Waals surface area contributed by atoms with Crippen LogP contribution in [0.3, 0.4) is 0 Å². The number of nitrogens with two attached hydrogens (primary N) is 1. The summed E-state index contributed by atoms with van der Waals surface area (Å²) in [5.74, 6) is -3.50. The molecule has 4 rings (SSSR count). The molecule has 35 heavy (non-hydrogen) atoms. The molecule has 3 heterocycles. The molecule has 12 nitrogen and oxygen atoms in total. The van der Waals surface area contributed by atoms with Crippen LogP contribution >= 0.6 is 11.6 Å². The first kappa shape index (κ1) is 24.3. The number of rotatable bonds is 8. The van der Waals surface area contributed by atoms with E-state index in [1.54, 1.807) is 0 Å². The summed E-state index contributed by atoms with van der Waals surface area (Å²) in [6, 6.07) is 7.74. The average Bonchev–Trinajstić information content (AvgIpc) is 3.39. The zero-order valence-electron chi connectivity index (χ0n) is 17.8. The highest BCUT2D eigenvalue weighted by atomic mass is 35.5. The Morgan fingerprint density at radius 1 is 1.37 bits per heavy atom. The Balaban J connectivity index is 1.54. The second-order valence-corrected chi connectivity index (χ2v) is 8.18. The first-order valence-electron chi connectivity index (χ1n) is 10.2. The molecule has 3 aromatic rings. The second kappa shape index (κ2) is 9.41. The fraction of sp³-hybridized carbons (Fsp3) is 0.333. The minimum atomic E-state index is -2.68. The maximum Gasteiger partial charge on any atom is 0.348 e. The highest BCUT2D eigenvalue weighted by Crippen LogP contribution is 2.35. The van der Waals surface area contributed by atoms with Crippen molar-refractivity contribution in [2.24, 2.45) is 0 Å². The van der Waals surface area contributed by atoms with E-state index in [9.17, 15) is 24.2 Å². The highest BCUT2D eigenvalue weighted by molar-refractivity contribution is 6.28. The standard InChI is InChI=1S/C21H18ClFN6O6/c22-20-27-15(25)14-16(28-20)29(9-26-14)17-13(23)5-12(35-17)8-34-21(18(30)31,19(32)33)6-10-2-1-3-11(4-10)7-24/h1-4,9,12-13,17H,5-6,8H2,(H,30,31)(H,32,33)(H2,25,27,28)/t12-,13-,17+/m0/s1. The number of aromatic nitrogens is 4. The van der Waals surface area contributed by atoms with Crippen LogP contribution in [0.25, 0.3) is 11.2 Å². The number of anilines is 1. The number of halogens is 2.